The summed E-state index contributed by atoms with van der Waals surface area (Å²) in [6.07, 6.45) is 5.47. The second-order valence-corrected chi connectivity index (χ2v) is 3.40. The molecule has 0 fully saturated rings. The van der Waals surface area contributed by atoms with Gasteiger partial charge in [-0.15, -0.1) is 0 Å². The summed E-state index contributed by atoms with van der Waals surface area (Å²) < 4.78 is 1.89. The van der Waals surface area contributed by atoms with Crippen molar-refractivity contribution in [2.45, 2.75) is 38.7 Å². The lowest BCUT2D eigenvalue weighted by Gasteiger charge is -2.06. The first-order chi connectivity index (χ1) is 6.24. The predicted octanol–water partition coefficient (Wildman–Crippen LogP) is 1.51. The minimum atomic E-state index is -0.131. The van der Waals surface area contributed by atoms with Gasteiger partial charge in [0, 0.05) is 18.9 Å². The van der Waals surface area contributed by atoms with Gasteiger partial charge in [-0.2, -0.15) is 5.10 Å². The van der Waals surface area contributed by atoms with E-state index in [2.05, 4.69) is 5.10 Å². The van der Waals surface area contributed by atoms with Crippen LogP contribution in [0.1, 0.15) is 31.9 Å². The molecule has 13 heavy (non-hydrogen) atoms. The molecule has 1 rings (SSSR count). The van der Waals surface area contributed by atoms with Gasteiger partial charge in [0.2, 0.25) is 0 Å². The van der Waals surface area contributed by atoms with Crippen LogP contribution in [0, 0.1) is 0 Å². The van der Waals surface area contributed by atoms with Crippen LogP contribution in [0.3, 0.4) is 0 Å². The van der Waals surface area contributed by atoms with Gasteiger partial charge in [-0.3, -0.25) is 4.68 Å². The molecule has 0 aliphatic rings. The first kappa shape index (κ1) is 10.3. The second-order valence-electron chi connectivity index (χ2n) is 3.40. The van der Waals surface area contributed by atoms with Crippen molar-refractivity contribution in [3.8, 4) is 0 Å². The van der Waals surface area contributed by atoms with E-state index in [1.807, 2.05) is 30.9 Å². The molecule has 1 N–H and O–H groups in total. The molecule has 0 spiro atoms. The van der Waals surface area contributed by atoms with E-state index >= 15 is 0 Å². The van der Waals surface area contributed by atoms with Crippen molar-refractivity contribution in [2.75, 3.05) is 0 Å². The third-order valence-corrected chi connectivity index (χ3v) is 2.36. The lowest BCUT2D eigenvalue weighted by molar-refractivity contribution is 0.157. The van der Waals surface area contributed by atoms with Crippen molar-refractivity contribution in [3.05, 3.63) is 18.0 Å². The van der Waals surface area contributed by atoms with E-state index < -0.39 is 0 Å². The van der Waals surface area contributed by atoms with E-state index in [1.54, 1.807) is 0 Å². The molecule has 0 radical (unpaired) electrons. The summed E-state index contributed by atoms with van der Waals surface area (Å²) in [4.78, 5) is 0. The summed E-state index contributed by atoms with van der Waals surface area (Å²) >= 11 is 0. The van der Waals surface area contributed by atoms with E-state index in [0.29, 0.717) is 0 Å². The Kier molecular flexibility index (Phi) is 3.96. The van der Waals surface area contributed by atoms with Gasteiger partial charge >= 0.3 is 0 Å². The van der Waals surface area contributed by atoms with Crippen LogP contribution in [0.25, 0.3) is 0 Å². The summed E-state index contributed by atoms with van der Waals surface area (Å²) in [5, 5.41) is 13.4. The highest BCUT2D eigenvalue weighted by atomic mass is 16.3. The maximum absolute atomic E-state index is 9.33. The van der Waals surface area contributed by atoms with Crippen LogP contribution in [0.5, 0.6) is 0 Å². The molecule has 1 atom stereocenters. The van der Waals surface area contributed by atoms with Crippen LogP contribution in [-0.2, 0) is 13.5 Å². The quantitative estimate of drug-likeness (QED) is 0.749. The Balaban J connectivity index is 2.24. The Hall–Kier alpha value is -0.830. The van der Waals surface area contributed by atoms with Crippen LogP contribution in [-0.4, -0.2) is 21.0 Å². The average molecular weight is 182 g/mol. The molecule has 0 bridgehead atoms. The second kappa shape index (κ2) is 5.02. The van der Waals surface area contributed by atoms with Gasteiger partial charge in [-0.25, -0.2) is 0 Å². The number of aliphatic hydroxyl groups is 1. The smallest absolute Gasteiger partial charge is 0.0537 e. The van der Waals surface area contributed by atoms with Crippen LogP contribution in [0.4, 0.5) is 0 Å². The Morgan fingerprint density at radius 2 is 2.38 bits per heavy atom. The minimum absolute atomic E-state index is 0.131. The molecule has 1 aromatic rings. The zero-order valence-electron chi connectivity index (χ0n) is 8.40. The molecule has 0 aliphatic carbocycles. The first-order valence-corrected chi connectivity index (χ1v) is 4.89. The van der Waals surface area contributed by atoms with Gasteiger partial charge in [0.05, 0.1) is 6.10 Å². The third kappa shape index (κ3) is 3.19. The number of aryl methyl sites for hydroxylation is 2. The number of nitrogens with zero attached hydrogens (tertiary/aromatic N) is 2. The largest absolute Gasteiger partial charge is 0.393 e. The molecule has 0 saturated carbocycles. The molecular formula is C10H18N2O. The highest BCUT2D eigenvalue weighted by molar-refractivity contribution is 4.99. The maximum Gasteiger partial charge on any atom is 0.0537 e. The predicted molar refractivity (Wildman–Crippen MR) is 52.4 cm³/mol. The van der Waals surface area contributed by atoms with Crippen LogP contribution >= 0.6 is 0 Å². The molecule has 3 heteroatoms. The van der Waals surface area contributed by atoms with Crippen molar-refractivity contribution in [2.24, 2.45) is 7.05 Å². The summed E-state index contributed by atoms with van der Waals surface area (Å²) in [6, 6.07) is 2.03. The van der Waals surface area contributed by atoms with Crippen LogP contribution < -0.4 is 0 Å². The highest BCUT2D eigenvalue weighted by Gasteiger charge is 2.02. The molecule has 1 aromatic heterocycles. The van der Waals surface area contributed by atoms with Crippen molar-refractivity contribution in [1.82, 2.24) is 9.78 Å². The zero-order valence-corrected chi connectivity index (χ0v) is 8.40. The lowest BCUT2D eigenvalue weighted by atomic mass is 10.1. The molecular weight excluding hydrogens is 164 g/mol. The normalized spacial score (nSPS) is 13.2. The van der Waals surface area contributed by atoms with Crippen molar-refractivity contribution in [1.29, 1.82) is 0 Å². The van der Waals surface area contributed by atoms with Gasteiger partial charge in [0.1, 0.15) is 0 Å². The van der Waals surface area contributed by atoms with E-state index in [4.69, 9.17) is 0 Å². The van der Waals surface area contributed by atoms with Crippen LogP contribution in [0.2, 0.25) is 0 Å². The number of aromatic nitrogens is 2. The van der Waals surface area contributed by atoms with Gasteiger partial charge < -0.3 is 5.11 Å². The fraction of sp³-hybridized carbons (Fsp3) is 0.700. The molecule has 74 valence electrons. The van der Waals surface area contributed by atoms with Gasteiger partial charge in [-0.05, 0) is 31.7 Å². The Labute approximate surface area is 79.4 Å². The molecule has 0 aromatic carbocycles. The standard InChI is InChI=1S/C10H18N2O/c1-3-10(13)6-4-5-9-7-8-11-12(9)2/h7-8,10,13H,3-6H2,1-2H3. The first-order valence-electron chi connectivity index (χ1n) is 4.89. The number of hydrogen-bond acceptors (Lipinski definition) is 2. The summed E-state index contributed by atoms with van der Waals surface area (Å²) in [5.74, 6) is 0. The van der Waals surface area contributed by atoms with Crippen molar-refractivity contribution < 1.29 is 5.11 Å². The van der Waals surface area contributed by atoms with Crippen molar-refractivity contribution >= 4 is 0 Å². The topological polar surface area (TPSA) is 38.1 Å². The number of hydrogen-bond donors (Lipinski definition) is 1. The number of rotatable bonds is 5. The molecule has 1 heterocycles. The van der Waals surface area contributed by atoms with Gasteiger partial charge in [0.25, 0.3) is 0 Å². The van der Waals surface area contributed by atoms with E-state index in [-0.39, 0.29) is 6.10 Å². The highest BCUT2D eigenvalue weighted by Crippen LogP contribution is 2.06. The SMILES string of the molecule is CCC(O)CCCc1ccnn1C. The molecule has 0 saturated heterocycles. The van der Waals surface area contributed by atoms with Crippen molar-refractivity contribution in [3.63, 3.8) is 0 Å². The van der Waals surface area contributed by atoms with Gasteiger partial charge in [0.15, 0.2) is 0 Å². The summed E-state index contributed by atoms with van der Waals surface area (Å²) in [7, 11) is 1.95. The Morgan fingerprint density at radius 3 is 2.92 bits per heavy atom. The molecule has 0 amide bonds. The molecule has 3 nitrogen and oxygen atoms in total. The summed E-state index contributed by atoms with van der Waals surface area (Å²) in [5.41, 5.74) is 1.24. The monoisotopic (exact) mass is 182 g/mol. The fourth-order valence-electron chi connectivity index (χ4n) is 1.37. The minimum Gasteiger partial charge on any atom is -0.393 e. The Bertz CT molecular complexity index is 245. The maximum atomic E-state index is 9.33. The number of aliphatic hydroxyl groups excluding tert-OH is 1. The van der Waals surface area contributed by atoms with E-state index in [1.165, 1.54) is 5.69 Å². The van der Waals surface area contributed by atoms with E-state index in [9.17, 15) is 5.11 Å². The Morgan fingerprint density at radius 1 is 1.62 bits per heavy atom. The van der Waals surface area contributed by atoms with E-state index in [0.717, 1.165) is 25.7 Å². The molecule has 0 aliphatic heterocycles. The van der Waals surface area contributed by atoms with Crippen LogP contribution in [0.15, 0.2) is 12.3 Å². The fourth-order valence-corrected chi connectivity index (χ4v) is 1.37. The third-order valence-electron chi connectivity index (χ3n) is 2.36. The lowest BCUT2D eigenvalue weighted by Crippen LogP contribution is -2.05. The summed E-state index contributed by atoms with van der Waals surface area (Å²) in [6.45, 7) is 2.01. The van der Waals surface area contributed by atoms with Gasteiger partial charge in [-0.1, -0.05) is 6.92 Å². The average Bonchev–Trinajstić information content (AvgIpc) is 2.52. The zero-order chi connectivity index (χ0) is 9.68. The molecule has 1 unspecified atom stereocenters.